The van der Waals surface area contributed by atoms with Crippen LogP contribution in [0.4, 0.5) is 4.79 Å². The molecule has 1 N–H and O–H groups in total. The Morgan fingerprint density at radius 2 is 2.20 bits per heavy atom. The molecule has 5 nitrogen and oxygen atoms in total. The zero-order valence-corrected chi connectivity index (χ0v) is 11.2. The van der Waals surface area contributed by atoms with E-state index in [9.17, 15) is 9.59 Å². The Morgan fingerprint density at radius 3 is 2.90 bits per heavy atom. The summed E-state index contributed by atoms with van der Waals surface area (Å²) >= 11 is 0. The lowest BCUT2D eigenvalue weighted by molar-refractivity contribution is 0.0696. The number of fused-ring (bicyclic) bond motifs is 1. The van der Waals surface area contributed by atoms with Gasteiger partial charge < -0.3 is 14.7 Å². The maximum absolute atomic E-state index is 11.9. The monoisotopic (exact) mass is 275 g/mol. The molecule has 1 aliphatic heterocycles. The van der Waals surface area contributed by atoms with Crippen LogP contribution < -0.4 is 0 Å². The first kappa shape index (κ1) is 14.1. The van der Waals surface area contributed by atoms with E-state index < -0.39 is 12.1 Å². The minimum absolute atomic E-state index is 0.178. The number of benzene rings is 1. The second-order valence-electron chi connectivity index (χ2n) is 4.68. The zero-order valence-electron chi connectivity index (χ0n) is 11.2. The SMILES string of the molecule is C=CCOC(=O)N1CCCc2ccc(C(=O)O)cc2C1. The zero-order chi connectivity index (χ0) is 14.5. The van der Waals surface area contributed by atoms with E-state index in [0.717, 1.165) is 24.0 Å². The fourth-order valence-corrected chi connectivity index (χ4v) is 2.27. The van der Waals surface area contributed by atoms with Crippen molar-refractivity contribution in [2.75, 3.05) is 13.2 Å². The highest BCUT2D eigenvalue weighted by Gasteiger charge is 2.20. The number of ether oxygens (including phenoxy) is 1. The van der Waals surface area contributed by atoms with Crippen molar-refractivity contribution in [3.8, 4) is 0 Å². The Bertz CT molecular complexity index is 539. The summed E-state index contributed by atoms with van der Waals surface area (Å²) in [6, 6.07) is 5.07. The second-order valence-corrected chi connectivity index (χ2v) is 4.68. The van der Waals surface area contributed by atoms with Gasteiger partial charge in [0.05, 0.1) is 5.56 Å². The lowest BCUT2D eigenvalue weighted by Crippen LogP contribution is -2.31. The summed E-state index contributed by atoms with van der Waals surface area (Å²) in [6.45, 7) is 4.67. The molecule has 20 heavy (non-hydrogen) atoms. The smallest absolute Gasteiger partial charge is 0.410 e. The largest absolute Gasteiger partial charge is 0.478 e. The number of rotatable bonds is 3. The van der Waals surface area contributed by atoms with Crippen molar-refractivity contribution in [1.29, 1.82) is 0 Å². The molecule has 1 amide bonds. The van der Waals surface area contributed by atoms with Crippen LogP contribution in [0.5, 0.6) is 0 Å². The van der Waals surface area contributed by atoms with Crippen LogP contribution >= 0.6 is 0 Å². The van der Waals surface area contributed by atoms with Crippen LogP contribution in [0.25, 0.3) is 0 Å². The predicted molar refractivity (Wildman–Crippen MR) is 73.7 cm³/mol. The third kappa shape index (κ3) is 3.17. The lowest BCUT2D eigenvalue weighted by atomic mass is 10.0. The molecule has 1 aromatic carbocycles. The minimum Gasteiger partial charge on any atom is -0.478 e. The van der Waals surface area contributed by atoms with E-state index in [1.165, 1.54) is 6.08 Å². The van der Waals surface area contributed by atoms with E-state index in [1.54, 1.807) is 17.0 Å². The van der Waals surface area contributed by atoms with Gasteiger partial charge in [0.25, 0.3) is 0 Å². The molecule has 0 aromatic heterocycles. The highest BCUT2D eigenvalue weighted by atomic mass is 16.6. The van der Waals surface area contributed by atoms with Crippen LogP contribution in [0.2, 0.25) is 0 Å². The fraction of sp³-hybridized carbons (Fsp3) is 0.333. The van der Waals surface area contributed by atoms with E-state index in [0.29, 0.717) is 13.1 Å². The van der Waals surface area contributed by atoms with Crippen LogP contribution in [-0.4, -0.2) is 35.2 Å². The molecule has 0 saturated heterocycles. The van der Waals surface area contributed by atoms with Crippen molar-refractivity contribution in [2.24, 2.45) is 0 Å². The molecule has 0 radical (unpaired) electrons. The van der Waals surface area contributed by atoms with Gasteiger partial charge in [0.1, 0.15) is 6.61 Å². The molecular formula is C15H17NO4. The number of carboxylic acid groups (broad SMARTS) is 1. The molecular weight excluding hydrogens is 258 g/mol. The van der Waals surface area contributed by atoms with Gasteiger partial charge >= 0.3 is 12.1 Å². The Labute approximate surface area is 117 Å². The van der Waals surface area contributed by atoms with Gasteiger partial charge in [0.15, 0.2) is 0 Å². The van der Waals surface area contributed by atoms with Crippen LogP contribution in [0.1, 0.15) is 27.9 Å². The molecule has 5 heteroatoms. The number of carboxylic acids is 1. The Hall–Kier alpha value is -2.30. The number of hydrogen-bond acceptors (Lipinski definition) is 3. The van der Waals surface area contributed by atoms with Gasteiger partial charge in [0, 0.05) is 13.1 Å². The number of carbonyl (C=O) groups is 2. The average Bonchev–Trinajstić information content (AvgIpc) is 2.65. The van der Waals surface area contributed by atoms with Gasteiger partial charge in [-0.15, -0.1) is 0 Å². The summed E-state index contributed by atoms with van der Waals surface area (Å²) in [5, 5.41) is 9.03. The third-order valence-electron chi connectivity index (χ3n) is 3.27. The van der Waals surface area contributed by atoms with Crippen molar-refractivity contribution < 1.29 is 19.4 Å². The van der Waals surface area contributed by atoms with Gasteiger partial charge in [-0.25, -0.2) is 9.59 Å². The number of nitrogens with zero attached hydrogens (tertiary/aromatic N) is 1. The van der Waals surface area contributed by atoms with Crippen molar-refractivity contribution in [3.05, 3.63) is 47.5 Å². The summed E-state index contributed by atoms with van der Waals surface area (Å²) in [6.07, 6.45) is 2.80. The standard InChI is InChI=1S/C15H17NO4/c1-2-8-20-15(19)16-7-3-4-11-5-6-12(14(17)18)9-13(11)10-16/h2,5-6,9H,1,3-4,7-8,10H2,(H,17,18). The van der Waals surface area contributed by atoms with Gasteiger partial charge in [-0.2, -0.15) is 0 Å². The summed E-state index contributed by atoms with van der Waals surface area (Å²) in [4.78, 5) is 24.5. The molecule has 0 bridgehead atoms. The second kappa shape index (κ2) is 6.23. The van der Waals surface area contributed by atoms with Gasteiger partial charge in [-0.1, -0.05) is 18.7 Å². The number of aromatic carboxylic acids is 1. The van der Waals surface area contributed by atoms with Gasteiger partial charge in [0.2, 0.25) is 0 Å². The third-order valence-corrected chi connectivity index (χ3v) is 3.27. The molecule has 1 heterocycles. The molecule has 0 spiro atoms. The molecule has 0 unspecified atom stereocenters. The number of hydrogen-bond donors (Lipinski definition) is 1. The number of amides is 1. The molecule has 1 aromatic rings. The van der Waals surface area contributed by atoms with E-state index in [2.05, 4.69) is 6.58 Å². The summed E-state index contributed by atoms with van der Waals surface area (Å²) in [7, 11) is 0. The van der Waals surface area contributed by atoms with Crippen molar-refractivity contribution >= 4 is 12.1 Å². The maximum Gasteiger partial charge on any atom is 0.410 e. The summed E-state index contributed by atoms with van der Waals surface area (Å²) < 4.78 is 5.03. The van der Waals surface area contributed by atoms with E-state index in [1.807, 2.05) is 6.07 Å². The molecule has 0 aliphatic carbocycles. The van der Waals surface area contributed by atoms with E-state index in [-0.39, 0.29) is 12.2 Å². The molecule has 1 aliphatic rings. The quantitative estimate of drug-likeness (QED) is 0.860. The van der Waals surface area contributed by atoms with E-state index >= 15 is 0 Å². The van der Waals surface area contributed by atoms with E-state index in [4.69, 9.17) is 9.84 Å². The number of aryl methyl sites for hydroxylation is 1. The van der Waals surface area contributed by atoms with Gasteiger partial charge in [-0.05, 0) is 36.1 Å². The highest BCUT2D eigenvalue weighted by molar-refractivity contribution is 5.88. The fourth-order valence-electron chi connectivity index (χ4n) is 2.27. The Kier molecular flexibility index (Phi) is 4.40. The van der Waals surface area contributed by atoms with Gasteiger partial charge in [-0.3, -0.25) is 0 Å². The average molecular weight is 275 g/mol. The maximum atomic E-state index is 11.9. The summed E-state index contributed by atoms with van der Waals surface area (Å²) in [5.41, 5.74) is 2.21. The lowest BCUT2D eigenvalue weighted by Gasteiger charge is -2.20. The Morgan fingerprint density at radius 1 is 1.40 bits per heavy atom. The number of carbonyl (C=O) groups excluding carboxylic acids is 1. The molecule has 106 valence electrons. The molecule has 0 atom stereocenters. The minimum atomic E-state index is -0.960. The first-order valence-electron chi connectivity index (χ1n) is 6.49. The van der Waals surface area contributed by atoms with Crippen LogP contribution in [0.15, 0.2) is 30.9 Å². The van der Waals surface area contributed by atoms with Crippen LogP contribution in [0.3, 0.4) is 0 Å². The summed E-state index contributed by atoms with van der Waals surface area (Å²) in [5.74, 6) is -0.960. The van der Waals surface area contributed by atoms with Crippen molar-refractivity contribution in [3.63, 3.8) is 0 Å². The van der Waals surface area contributed by atoms with Crippen molar-refractivity contribution in [1.82, 2.24) is 4.90 Å². The van der Waals surface area contributed by atoms with Crippen molar-refractivity contribution in [2.45, 2.75) is 19.4 Å². The predicted octanol–water partition coefficient (Wildman–Crippen LogP) is 2.46. The molecule has 0 saturated carbocycles. The van der Waals surface area contributed by atoms with Crippen LogP contribution in [0, 0.1) is 0 Å². The molecule has 2 rings (SSSR count). The Balaban J connectivity index is 2.19. The normalized spacial score (nSPS) is 14.1. The first-order valence-corrected chi connectivity index (χ1v) is 6.49. The highest BCUT2D eigenvalue weighted by Crippen LogP contribution is 2.21. The first-order chi connectivity index (χ1) is 9.61. The topological polar surface area (TPSA) is 66.8 Å². The van der Waals surface area contributed by atoms with Crippen LogP contribution in [-0.2, 0) is 17.7 Å². The molecule has 0 fully saturated rings.